The number of pyridine rings is 1. The number of nitrogens with zero attached hydrogens (tertiary/aromatic N) is 4. The van der Waals surface area contributed by atoms with Gasteiger partial charge in [-0.3, -0.25) is 9.78 Å². The van der Waals surface area contributed by atoms with E-state index in [4.69, 9.17) is 0 Å². The number of benzene rings is 1. The van der Waals surface area contributed by atoms with Gasteiger partial charge in [0.2, 0.25) is 0 Å². The van der Waals surface area contributed by atoms with E-state index in [9.17, 15) is 4.79 Å². The van der Waals surface area contributed by atoms with Crippen LogP contribution in [0.3, 0.4) is 0 Å². The molecule has 3 aromatic heterocycles. The highest BCUT2D eigenvalue weighted by atomic mass is 16.1. The second-order valence-corrected chi connectivity index (χ2v) is 4.78. The zero-order valence-electron chi connectivity index (χ0n) is 11.5. The molecule has 0 radical (unpaired) electrons. The first-order valence-corrected chi connectivity index (χ1v) is 6.77. The van der Waals surface area contributed by atoms with E-state index < -0.39 is 0 Å². The number of fused-ring (bicyclic) bond motifs is 2. The predicted octanol–water partition coefficient (Wildman–Crippen LogP) is 2.53. The van der Waals surface area contributed by atoms with E-state index in [1.807, 2.05) is 30.3 Å². The zero-order chi connectivity index (χ0) is 14.9. The third kappa shape index (κ3) is 2.07. The number of nitrogens with one attached hydrogen (secondary N) is 1. The van der Waals surface area contributed by atoms with Crippen LogP contribution in [0.1, 0.15) is 10.5 Å². The lowest BCUT2D eigenvalue weighted by atomic mass is 10.2. The summed E-state index contributed by atoms with van der Waals surface area (Å²) in [6, 6.07) is 12.8. The van der Waals surface area contributed by atoms with E-state index in [-0.39, 0.29) is 5.91 Å². The van der Waals surface area contributed by atoms with Crippen LogP contribution in [-0.2, 0) is 0 Å². The maximum atomic E-state index is 12.4. The first kappa shape index (κ1) is 12.5. The molecule has 0 unspecified atom stereocenters. The van der Waals surface area contributed by atoms with E-state index in [0.29, 0.717) is 17.0 Å². The fourth-order valence-corrected chi connectivity index (χ4v) is 2.33. The molecule has 3 heterocycles. The lowest BCUT2D eigenvalue weighted by Gasteiger charge is -2.08. The highest BCUT2D eigenvalue weighted by Crippen LogP contribution is 2.21. The Morgan fingerprint density at radius 1 is 1.00 bits per heavy atom. The van der Waals surface area contributed by atoms with Crippen molar-refractivity contribution in [2.75, 3.05) is 5.32 Å². The van der Waals surface area contributed by atoms with Crippen molar-refractivity contribution in [3.8, 4) is 0 Å². The van der Waals surface area contributed by atoms with Crippen molar-refractivity contribution in [2.45, 2.75) is 0 Å². The van der Waals surface area contributed by atoms with Crippen LogP contribution < -0.4 is 5.32 Å². The summed E-state index contributed by atoms with van der Waals surface area (Å²) < 4.78 is 1.57. The SMILES string of the molecule is O=C(Nc1cccc2ncccc12)c1ccc2nccn2n1. The standard InChI is InChI=1S/C16H11N5O/c22-16(14-6-7-15-18-9-10-21(15)20-14)19-13-5-1-4-12-11(13)3-2-8-17-12/h1-10H,(H,19,22). The maximum absolute atomic E-state index is 12.4. The maximum Gasteiger partial charge on any atom is 0.276 e. The predicted molar refractivity (Wildman–Crippen MR) is 82.7 cm³/mol. The molecule has 0 aliphatic carbocycles. The molecule has 0 bridgehead atoms. The monoisotopic (exact) mass is 289 g/mol. The molecule has 1 N–H and O–H groups in total. The number of hydrogen-bond donors (Lipinski definition) is 1. The fourth-order valence-electron chi connectivity index (χ4n) is 2.33. The van der Waals surface area contributed by atoms with E-state index >= 15 is 0 Å². The van der Waals surface area contributed by atoms with Crippen molar-refractivity contribution in [1.82, 2.24) is 19.6 Å². The van der Waals surface area contributed by atoms with Crippen LogP contribution in [0.5, 0.6) is 0 Å². The average molecular weight is 289 g/mol. The van der Waals surface area contributed by atoms with Gasteiger partial charge in [0.05, 0.1) is 11.2 Å². The van der Waals surface area contributed by atoms with Crippen LogP contribution in [0.4, 0.5) is 5.69 Å². The van der Waals surface area contributed by atoms with Gasteiger partial charge < -0.3 is 5.32 Å². The second-order valence-electron chi connectivity index (χ2n) is 4.78. The third-order valence-electron chi connectivity index (χ3n) is 3.38. The van der Waals surface area contributed by atoms with Gasteiger partial charge in [-0.2, -0.15) is 5.10 Å². The lowest BCUT2D eigenvalue weighted by Crippen LogP contribution is -2.15. The van der Waals surface area contributed by atoms with Crippen molar-refractivity contribution < 1.29 is 4.79 Å². The van der Waals surface area contributed by atoms with Gasteiger partial charge in [0.25, 0.3) is 5.91 Å². The quantitative estimate of drug-likeness (QED) is 0.615. The molecule has 4 rings (SSSR count). The number of aromatic nitrogens is 4. The van der Waals surface area contributed by atoms with Crippen molar-refractivity contribution in [3.05, 3.63) is 66.7 Å². The molecule has 4 aromatic rings. The summed E-state index contributed by atoms with van der Waals surface area (Å²) >= 11 is 0. The molecule has 0 aliphatic rings. The molecule has 6 nitrogen and oxygen atoms in total. The highest BCUT2D eigenvalue weighted by Gasteiger charge is 2.11. The third-order valence-corrected chi connectivity index (χ3v) is 3.38. The number of amides is 1. The number of carbonyl (C=O) groups excluding carboxylic acids is 1. The second kappa shape index (κ2) is 4.92. The van der Waals surface area contributed by atoms with E-state index in [0.717, 1.165) is 10.9 Å². The Labute approximate surface area is 125 Å². The molecule has 0 atom stereocenters. The van der Waals surface area contributed by atoms with Gasteiger partial charge in [-0.15, -0.1) is 0 Å². The van der Waals surface area contributed by atoms with Crippen molar-refractivity contribution in [2.24, 2.45) is 0 Å². The Hall–Kier alpha value is -3.28. The van der Waals surface area contributed by atoms with Crippen LogP contribution in [0.25, 0.3) is 16.6 Å². The number of imidazole rings is 1. The molecule has 1 amide bonds. The molecule has 0 fully saturated rings. The summed E-state index contributed by atoms with van der Waals surface area (Å²) in [5.74, 6) is -0.271. The number of rotatable bonds is 2. The highest BCUT2D eigenvalue weighted by molar-refractivity contribution is 6.07. The Bertz CT molecular complexity index is 987. The molecule has 106 valence electrons. The van der Waals surface area contributed by atoms with Crippen molar-refractivity contribution in [3.63, 3.8) is 0 Å². The van der Waals surface area contributed by atoms with Crippen LogP contribution in [0.15, 0.2) is 61.1 Å². The first-order valence-electron chi connectivity index (χ1n) is 6.77. The minimum atomic E-state index is -0.271. The van der Waals surface area contributed by atoms with Gasteiger partial charge in [0.15, 0.2) is 5.65 Å². The average Bonchev–Trinajstić information content (AvgIpc) is 3.02. The topological polar surface area (TPSA) is 72.2 Å². The van der Waals surface area contributed by atoms with E-state index in [2.05, 4.69) is 20.4 Å². The summed E-state index contributed by atoms with van der Waals surface area (Å²) in [4.78, 5) is 20.8. The molecule has 6 heteroatoms. The minimum absolute atomic E-state index is 0.271. The van der Waals surface area contributed by atoms with Gasteiger partial charge >= 0.3 is 0 Å². The van der Waals surface area contributed by atoms with Crippen molar-refractivity contribution >= 4 is 28.1 Å². The summed E-state index contributed by atoms with van der Waals surface area (Å²) in [7, 11) is 0. The van der Waals surface area contributed by atoms with Crippen molar-refractivity contribution in [1.29, 1.82) is 0 Å². The van der Waals surface area contributed by atoms with Gasteiger partial charge in [-0.05, 0) is 36.4 Å². The number of hydrogen-bond acceptors (Lipinski definition) is 4. The van der Waals surface area contributed by atoms with Gasteiger partial charge in [0.1, 0.15) is 5.69 Å². The Morgan fingerprint density at radius 2 is 1.95 bits per heavy atom. The molecule has 0 saturated heterocycles. The smallest absolute Gasteiger partial charge is 0.276 e. The van der Waals surface area contributed by atoms with E-state index in [1.165, 1.54) is 0 Å². The van der Waals surface area contributed by atoms with Crippen LogP contribution >= 0.6 is 0 Å². The summed E-state index contributed by atoms with van der Waals surface area (Å²) in [5.41, 5.74) is 2.57. The Morgan fingerprint density at radius 3 is 2.91 bits per heavy atom. The van der Waals surface area contributed by atoms with E-state index in [1.54, 1.807) is 35.2 Å². The molecule has 1 aromatic carbocycles. The van der Waals surface area contributed by atoms with Gasteiger partial charge in [0, 0.05) is 24.0 Å². The molecule has 0 saturated carbocycles. The number of carbonyl (C=O) groups is 1. The summed E-state index contributed by atoms with van der Waals surface area (Å²) in [6.45, 7) is 0. The Kier molecular flexibility index (Phi) is 2.79. The fraction of sp³-hybridized carbons (Fsp3) is 0. The lowest BCUT2D eigenvalue weighted by molar-refractivity contribution is 0.102. The minimum Gasteiger partial charge on any atom is -0.320 e. The first-order chi connectivity index (χ1) is 10.8. The van der Waals surface area contributed by atoms with Gasteiger partial charge in [-0.25, -0.2) is 9.50 Å². The zero-order valence-corrected chi connectivity index (χ0v) is 11.5. The molecule has 0 spiro atoms. The van der Waals surface area contributed by atoms with Gasteiger partial charge in [-0.1, -0.05) is 6.07 Å². The van der Waals surface area contributed by atoms with Crippen LogP contribution in [0, 0.1) is 0 Å². The normalized spacial score (nSPS) is 10.9. The summed E-state index contributed by atoms with van der Waals surface area (Å²) in [5, 5.41) is 8.01. The van der Waals surface area contributed by atoms with Crippen LogP contribution in [-0.4, -0.2) is 25.5 Å². The summed E-state index contributed by atoms with van der Waals surface area (Å²) in [6.07, 6.45) is 5.07. The molecule has 22 heavy (non-hydrogen) atoms. The number of anilines is 1. The Balaban J connectivity index is 1.71. The van der Waals surface area contributed by atoms with Crippen LogP contribution in [0.2, 0.25) is 0 Å². The molecular formula is C16H11N5O. The largest absolute Gasteiger partial charge is 0.320 e. The molecular weight excluding hydrogens is 278 g/mol. The molecule has 0 aliphatic heterocycles.